The van der Waals surface area contributed by atoms with E-state index < -0.39 is 0 Å². The van der Waals surface area contributed by atoms with E-state index in [-0.39, 0.29) is 28.9 Å². The Bertz CT molecular complexity index is 847. The van der Waals surface area contributed by atoms with Crippen LogP contribution in [0.2, 0.25) is 0 Å². The Balaban J connectivity index is 1.62. The lowest BCUT2D eigenvalue weighted by Crippen LogP contribution is -2.60. The molecule has 0 spiro atoms. The van der Waals surface area contributed by atoms with E-state index in [1.807, 2.05) is 23.5 Å². The first-order chi connectivity index (χ1) is 13.3. The highest BCUT2D eigenvalue weighted by Crippen LogP contribution is 2.64. The number of carbonyl (C=O) groups is 1. The lowest BCUT2D eigenvalue weighted by atomic mass is 9.47. The molecule has 3 saturated carbocycles. The molecular formula is C23H30N2O2S. The fourth-order valence-corrected chi connectivity index (χ4v) is 7.88. The number of fused-ring (bicyclic) bond motifs is 5. The van der Waals surface area contributed by atoms with Crippen molar-refractivity contribution in [1.82, 2.24) is 9.88 Å². The van der Waals surface area contributed by atoms with Gasteiger partial charge in [-0.3, -0.25) is 4.79 Å². The van der Waals surface area contributed by atoms with Gasteiger partial charge in [0.05, 0.1) is 12.1 Å². The van der Waals surface area contributed by atoms with Crippen molar-refractivity contribution >= 4 is 23.3 Å². The summed E-state index contributed by atoms with van der Waals surface area (Å²) in [4.78, 5) is 19.0. The number of rotatable bonds is 1. The number of thiazole rings is 1. The third kappa shape index (κ3) is 2.45. The van der Waals surface area contributed by atoms with Crippen LogP contribution >= 0.6 is 11.3 Å². The van der Waals surface area contributed by atoms with Gasteiger partial charge in [0.15, 0.2) is 0 Å². The van der Waals surface area contributed by atoms with E-state index in [0.29, 0.717) is 17.8 Å². The molecule has 5 heteroatoms. The normalized spacial score (nSPS) is 46.4. The molecule has 1 aromatic rings. The van der Waals surface area contributed by atoms with Crippen LogP contribution in [0, 0.1) is 28.6 Å². The second kappa shape index (κ2) is 6.27. The van der Waals surface area contributed by atoms with Crippen LogP contribution in [-0.2, 0) is 4.79 Å². The zero-order valence-corrected chi connectivity index (χ0v) is 17.8. The SMILES string of the molecule is CN1C(=O)C=C[C@]2(C)[C@H]3CC[C@]4(C)[C@@H](O)CC[C@H]4[C@@H]3C/C(=C\c3nccs3)[C@@H]12. The second-order valence-corrected chi connectivity index (χ2v) is 10.8. The molecule has 0 unspecified atom stereocenters. The second-order valence-electron chi connectivity index (χ2n) is 9.86. The molecule has 1 aliphatic heterocycles. The number of nitrogens with zero attached hydrogens (tertiary/aromatic N) is 2. The molecule has 1 amide bonds. The van der Waals surface area contributed by atoms with Crippen molar-refractivity contribution in [2.75, 3.05) is 7.05 Å². The van der Waals surface area contributed by atoms with Crippen molar-refractivity contribution in [1.29, 1.82) is 0 Å². The molecule has 3 aliphatic carbocycles. The lowest BCUT2D eigenvalue weighted by Gasteiger charge is -2.60. The maximum absolute atomic E-state index is 12.5. The number of carbonyl (C=O) groups excluding carboxylic acids is 1. The van der Waals surface area contributed by atoms with Gasteiger partial charge < -0.3 is 10.0 Å². The zero-order chi connectivity index (χ0) is 19.7. The first-order valence-electron chi connectivity index (χ1n) is 10.6. The van der Waals surface area contributed by atoms with Crippen molar-refractivity contribution in [3.05, 3.63) is 34.3 Å². The van der Waals surface area contributed by atoms with Gasteiger partial charge in [-0.1, -0.05) is 19.9 Å². The average molecular weight is 399 g/mol. The quantitative estimate of drug-likeness (QED) is 0.774. The monoisotopic (exact) mass is 398 g/mol. The molecule has 0 bridgehead atoms. The van der Waals surface area contributed by atoms with E-state index in [2.05, 4.69) is 31.0 Å². The number of aliphatic hydroxyl groups is 1. The number of aromatic nitrogens is 1. The number of aliphatic hydroxyl groups excluding tert-OH is 1. The first kappa shape index (κ1) is 18.6. The lowest BCUT2D eigenvalue weighted by molar-refractivity contribution is -0.135. The number of amides is 1. The van der Waals surface area contributed by atoms with Crippen LogP contribution in [0.15, 0.2) is 29.3 Å². The van der Waals surface area contributed by atoms with Gasteiger partial charge >= 0.3 is 0 Å². The highest BCUT2D eigenvalue weighted by molar-refractivity contribution is 7.10. The Kier molecular flexibility index (Phi) is 4.15. The van der Waals surface area contributed by atoms with Crippen molar-refractivity contribution in [2.45, 2.75) is 58.1 Å². The highest BCUT2D eigenvalue weighted by atomic mass is 32.1. The van der Waals surface area contributed by atoms with E-state index in [0.717, 1.165) is 37.1 Å². The minimum Gasteiger partial charge on any atom is -0.393 e. The van der Waals surface area contributed by atoms with Crippen LogP contribution < -0.4 is 0 Å². The molecule has 5 rings (SSSR count). The maximum atomic E-state index is 12.5. The predicted molar refractivity (Wildman–Crippen MR) is 112 cm³/mol. The van der Waals surface area contributed by atoms with Crippen molar-refractivity contribution < 1.29 is 9.90 Å². The largest absolute Gasteiger partial charge is 0.393 e. The van der Waals surface area contributed by atoms with Gasteiger partial charge in [-0.05, 0) is 73.0 Å². The molecule has 2 heterocycles. The van der Waals surface area contributed by atoms with Gasteiger partial charge in [0.2, 0.25) is 5.91 Å². The summed E-state index contributed by atoms with van der Waals surface area (Å²) >= 11 is 1.66. The molecule has 0 aromatic carbocycles. The highest BCUT2D eigenvalue weighted by Gasteiger charge is 2.61. The van der Waals surface area contributed by atoms with Crippen LogP contribution in [0.5, 0.6) is 0 Å². The Labute approximate surface area is 171 Å². The van der Waals surface area contributed by atoms with E-state index in [9.17, 15) is 9.90 Å². The Morgan fingerprint density at radius 3 is 2.86 bits per heavy atom. The summed E-state index contributed by atoms with van der Waals surface area (Å²) in [7, 11) is 1.96. The van der Waals surface area contributed by atoms with Crippen molar-refractivity contribution in [3.63, 3.8) is 0 Å². The minimum absolute atomic E-state index is 0.0520. The fourth-order valence-electron chi connectivity index (χ4n) is 7.28. The summed E-state index contributed by atoms with van der Waals surface area (Å²) < 4.78 is 0. The standard InChI is InChI=1S/C23H30N2O2S/c1-22-8-6-17-15(16(22)4-5-18(22)26)12-14(13-19-24-10-11-28-19)21-23(17,2)9-7-20(27)25(21)3/h7,9-11,13,15-18,21,26H,4-6,8,12H2,1-3H3/b14-13+/t15-,16-,17-,18-,21+,22-,23+/m0/s1. The fraction of sp³-hybridized carbons (Fsp3) is 0.652. The first-order valence-corrected chi connectivity index (χ1v) is 11.5. The van der Waals surface area contributed by atoms with Crippen molar-refractivity contribution in [3.8, 4) is 0 Å². The summed E-state index contributed by atoms with van der Waals surface area (Å²) in [5.41, 5.74) is 1.34. The smallest absolute Gasteiger partial charge is 0.246 e. The molecule has 1 N–H and O–H groups in total. The number of hydrogen-bond acceptors (Lipinski definition) is 4. The molecule has 0 radical (unpaired) electrons. The average Bonchev–Trinajstić information content (AvgIpc) is 3.27. The summed E-state index contributed by atoms with van der Waals surface area (Å²) in [5.74, 6) is 1.79. The van der Waals surface area contributed by atoms with Gasteiger partial charge in [0.1, 0.15) is 5.01 Å². The molecule has 4 aliphatic rings. The predicted octanol–water partition coefficient (Wildman–Crippen LogP) is 4.14. The molecule has 1 aromatic heterocycles. The summed E-state index contributed by atoms with van der Waals surface area (Å²) in [6.07, 6.45) is 13.2. The third-order valence-corrected chi connectivity index (χ3v) is 9.40. The molecule has 28 heavy (non-hydrogen) atoms. The van der Waals surface area contributed by atoms with Gasteiger partial charge in [0.25, 0.3) is 0 Å². The van der Waals surface area contributed by atoms with Gasteiger partial charge in [-0.2, -0.15) is 0 Å². The maximum Gasteiger partial charge on any atom is 0.246 e. The molecule has 7 atom stereocenters. The van der Waals surface area contributed by atoms with Crippen molar-refractivity contribution in [2.24, 2.45) is 28.6 Å². The molecular weight excluding hydrogens is 368 g/mol. The summed E-state index contributed by atoms with van der Waals surface area (Å²) in [6, 6.07) is 0.103. The molecule has 0 saturated heterocycles. The van der Waals surface area contributed by atoms with Crippen LogP contribution in [0.3, 0.4) is 0 Å². The Morgan fingerprint density at radius 2 is 2.11 bits per heavy atom. The van der Waals surface area contributed by atoms with E-state index in [4.69, 9.17) is 0 Å². The zero-order valence-electron chi connectivity index (χ0n) is 17.0. The van der Waals surface area contributed by atoms with Crippen LogP contribution in [0.4, 0.5) is 0 Å². The third-order valence-electron chi connectivity index (χ3n) is 8.68. The molecule has 3 fully saturated rings. The number of hydrogen-bond donors (Lipinski definition) is 1. The van der Waals surface area contributed by atoms with Crippen LogP contribution in [0.25, 0.3) is 6.08 Å². The number of likely N-dealkylation sites (N-methyl/N-ethyl adjacent to an activating group) is 1. The van der Waals surface area contributed by atoms with Gasteiger partial charge in [-0.15, -0.1) is 11.3 Å². The molecule has 150 valence electrons. The Morgan fingerprint density at radius 1 is 1.29 bits per heavy atom. The minimum atomic E-state index is -0.165. The summed E-state index contributed by atoms with van der Waals surface area (Å²) in [6.45, 7) is 4.67. The topological polar surface area (TPSA) is 53.4 Å². The van der Waals surface area contributed by atoms with E-state index >= 15 is 0 Å². The van der Waals surface area contributed by atoms with Crippen LogP contribution in [0.1, 0.15) is 51.0 Å². The van der Waals surface area contributed by atoms with E-state index in [1.54, 1.807) is 17.4 Å². The van der Waals surface area contributed by atoms with Gasteiger partial charge in [-0.25, -0.2) is 4.98 Å². The van der Waals surface area contributed by atoms with Gasteiger partial charge in [0, 0.05) is 24.0 Å². The van der Waals surface area contributed by atoms with Crippen LogP contribution in [-0.4, -0.2) is 40.1 Å². The Hall–Kier alpha value is -1.46. The molecule has 4 nitrogen and oxygen atoms in total. The summed E-state index contributed by atoms with van der Waals surface area (Å²) in [5, 5.41) is 13.8. The van der Waals surface area contributed by atoms with E-state index in [1.165, 1.54) is 5.57 Å².